The lowest BCUT2D eigenvalue weighted by Gasteiger charge is -2.14. The number of hydrogen-bond donors (Lipinski definition) is 0. The molecule has 1 rings (SSSR count). The SMILES string of the molecule is O=C(COCC(F)(F)F)N1CCCO1. The van der Waals surface area contributed by atoms with Crippen molar-refractivity contribution in [2.45, 2.75) is 12.6 Å². The zero-order chi connectivity index (χ0) is 10.6. The normalized spacial score (nSPS) is 17.5. The van der Waals surface area contributed by atoms with Gasteiger partial charge in [-0.05, 0) is 6.42 Å². The van der Waals surface area contributed by atoms with Gasteiger partial charge >= 0.3 is 6.18 Å². The van der Waals surface area contributed by atoms with Gasteiger partial charge in [0.05, 0.1) is 13.2 Å². The van der Waals surface area contributed by atoms with Crippen molar-refractivity contribution in [2.24, 2.45) is 0 Å². The molecular weight excluding hydrogens is 203 g/mol. The van der Waals surface area contributed by atoms with Crippen LogP contribution in [0.5, 0.6) is 0 Å². The van der Waals surface area contributed by atoms with Gasteiger partial charge in [0.15, 0.2) is 0 Å². The first-order valence-corrected chi connectivity index (χ1v) is 4.07. The molecule has 14 heavy (non-hydrogen) atoms. The van der Waals surface area contributed by atoms with Gasteiger partial charge in [0.25, 0.3) is 5.91 Å². The molecule has 82 valence electrons. The van der Waals surface area contributed by atoms with Crippen LogP contribution in [0.3, 0.4) is 0 Å². The summed E-state index contributed by atoms with van der Waals surface area (Å²) in [5.41, 5.74) is 0. The molecule has 0 unspecified atom stereocenters. The van der Waals surface area contributed by atoms with E-state index < -0.39 is 25.3 Å². The lowest BCUT2D eigenvalue weighted by Crippen LogP contribution is -2.31. The molecule has 1 aliphatic rings. The molecule has 0 atom stereocenters. The summed E-state index contributed by atoms with van der Waals surface area (Å²) in [5.74, 6) is -0.577. The summed E-state index contributed by atoms with van der Waals surface area (Å²) in [6.45, 7) is -1.18. The number of hydroxylamine groups is 2. The van der Waals surface area contributed by atoms with Crippen molar-refractivity contribution in [1.29, 1.82) is 0 Å². The Morgan fingerprint density at radius 2 is 2.21 bits per heavy atom. The zero-order valence-corrected chi connectivity index (χ0v) is 7.34. The molecule has 1 amide bonds. The van der Waals surface area contributed by atoms with Crippen LogP contribution in [0.2, 0.25) is 0 Å². The Labute approximate surface area is 78.5 Å². The molecule has 1 saturated heterocycles. The van der Waals surface area contributed by atoms with Crippen molar-refractivity contribution in [2.75, 3.05) is 26.4 Å². The Balaban J connectivity index is 2.15. The summed E-state index contributed by atoms with van der Waals surface area (Å²) < 4.78 is 39.0. The number of ether oxygens (including phenoxy) is 1. The van der Waals surface area contributed by atoms with E-state index in [1.807, 2.05) is 0 Å². The van der Waals surface area contributed by atoms with Gasteiger partial charge in [-0.15, -0.1) is 0 Å². The molecule has 0 bridgehead atoms. The summed E-state index contributed by atoms with van der Waals surface area (Å²) in [7, 11) is 0. The highest BCUT2D eigenvalue weighted by molar-refractivity contribution is 5.76. The summed E-state index contributed by atoms with van der Waals surface area (Å²) in [5, 5.41) is 1.02. The predicted octanol–water partition coefficient (Wildman–Crippen LogP) is 0.729. The van der Waals surface area contributed by atoms with Crippen LogP contribution in [0.4, 0.5) is 13.2 Å². The smallest absolute Gasteiger partial charge is 0.362 e. The number of carbonyl (C=O) groups excluding carboxylic acids is 1. The number of halogens is 3. The van der Waals surface area contributed by atoms with Crippen molar-refractivity contribution in [3.8, 4) is 0 Å². The largest absolute Gasteiger partial charge is 0.411 e. The maximum absolute atomic E-state index is 11.6. The minimum absolute atomic E-state index is 0.411. The van der Waals surface area contributed by atoms with Gasteiger partial charge in [-0.25, -0.2) is 5.06 Å². The zero-order valence-electron chi connectivity index (χ0n) is 7.34. The number of amides is 1. The van der Waals surface area contributed by atoms with E-state index in [0.29, 0.717) is 19.6 Å². The Hall–Kier alpha value is -0.820. The van der Waals surface area contributed by atoms with Crippen LogP contribution in [0, 0.1) is 0 Å². The lowest BCUT2D eigenvalue weighted by molar-refractivity contribution is -0.190. The minimum atomic E-state index is -4.40. The highest BCUT2D eigenvalue weighted by atomic mass is 19.4. The van der Waals surface area contributed by atoms with Crippen molar-refractivity contribution >= 4 is 5.91 Å². The molecule has 0 spiro atoms. The second-order valence-corrected chi connectivity index (χ2v) is 2.79. The van der Waals surface area contributed by atoms with Gasteiger partial charge < -0.3 is 4.74 Å². The monoisotopic (exact) mass is 213 g/mol. The number of alkyl halides is 3. The maximum Gasteiger partial charge on any atom is 0.411 e. The summed E-state index contributed by atoms with van der Waals surface area (Å²) in [6.07, 6.45) is -3.70. The van der Waals surface area contributed by atoms with Gasteiger partial charge in [0.1, 0.15) is 13.2 Å². The van der Waals surface area contributed by atoms with Crippen LogP contribution >= 0.6 is 0 Å². The topological polar surface area (TPSA) is 38.8 Å². The molecule has 0 aromatic carbocycles. The first kappa shape index (κ1) is 11.3. The summed E-state index contributed by atoms with van der Waals surface area (Å²) in [6, 6.07) is 0. The van der Waals surface area contributed by atoms with Gasteiger partial charge in [-0.1, -0.05) is 0 Å². The molecule has 1 fully saturated rings. The van der Waals surface area contributed by atoms with Crippen LogP contribution < -0.4 is 0 Å². The summed E-state index contributed by atoms with van der Waals surface area (Å²) >= 11 is 0. The molecule has 0 aromatic heterocycles. The first-order chi connectivity index (χ1) is 6.49. The van der Waals surface area contributed by atoms with E-state index in [4.69, 9.17) is 4.84 Å². The number of hydrogen-bond acceptors (Lipinski definition) is 3. The molecule has 0 saturated carbocycles. The highest BCUT2D eigenvalue weighted by Gasteiger charge is 2.28. The molecule has 4 nitrogen and oxygen atoms in total. The standard InChI is InChI=1S/C7H10F3NO3/c8-7(9,10)5-13-4-6(12)11-2-1-3-14-11/h1-5H2. The van der Waals surface area contributed by atoms with E-state index in [9.17, 15) is 18.0 Å². The van der Waals surface area contributed by atoms with E-state index in [1.54, 1.807) is 0 Å². The van der Waals surface area contributed by atoms with Crippen LogP contribution in [-0.4, -0.2) is 43.5 Å². The summed E-state index contributed by atoms with van der Waals surface area (Å²) in [4.78, 5) is 15.9. The molecule has 1 heterocycles. The third kappa shape index (κ3) is 3.93. The van der Waals surface area contributed by atoms with Gasteiger partial charge in [0.2, 0.25) is 0 Å². The van der Waals surface area contributed by atoms with E-state index >= 15 is 0 Å². The second-order valence-electron chi connectivity index (χ2n) is 2.79. The van der Waals surface area contributed by atoms with Crippen LogP contribution in [0.15, 0.2) is 0 Å². The van der Waals surface area contributed by atoms with Crippen LogP contribution in [-0.2, 0) is 14.4 Å². The number of carbonyl (C=O) groups is 1. The Kier molecular flexibility index (Phi) is 3.70. The molecular formula is C7H10F3NO3. The fraction of sp³-hybridized carbons (Fsp3) is 0.857. The van der Waals surface area contributed by atoms with E-state index in [1.165, 1.54) is 0 Å². The first-order valence-electron chi connectivity index (χ1n) is 4.07. The predicted molar refractivity (Wildman–Crippen MR) is 39.2 cm³/mol. The van der Waals surface area contributed by atoms with E-state index in [0.717, 1.165) is 5.06 Å². The molecule has 0 aromatic rings. The van der Waals surface area contributed by atoms with E-state index in [2.05, 4.69) is 4.74 Å². The third-order valence-electron chi connectivity index (χ3n) is 1.52. The Bertz CT molecular complexity index is 201. The fourth-order valence-corrected chi connectivity index (χ4v) is 0.970. The van der Waals surface area contributed by atoms with Gasteiger partial charge in [-0.2, -0.15) is 13.2 Å². The quantitative estimate of drug-likeness (QED) is 0.693. The van der Waals surface area contributed by atoms with Crippen LogP contribution in [0.1, 0.15) is 6.42 Å². The van der Waals surface area contributed by atoms with Crippen molar-refractivity contribution in [3.63, 3.8) is 0 Å². The molecule has 1 aliphatic heterocycles. The molecule has 0 aliphatic carbocycles. The van der Waals surface area contributed by atoms with Gasteiger partial charge in [-0.3, -0.25) is 9.63 Å². The Morgan fingerprint density at radius 1 is 1.50 bits per heavy atom. The second kappa shape index (κ2) is 4.61. The average molecular weight is 213 g/mol. The maximum atomic E-state index is 11.6. The van der Waals surface area contributed by atoms with Crippen molar-refractivity contribution in [3.05, 3.63) is 0 Å². The molecule has 0 radical (unpaired) electrons. The highest BCUT2D eigenvalue weighted by Crippen LogP contribution is 2.14. The third-order valence-corrected chi connectivity index (χ3v) is 1.52. The average Bonchev–Trinajstić information content (AvgIpc) is 2.53. The van der Waals surface area contributed by atoms with Crippen molar-refractivity contribution in [1.82, 2.24) is 5.06 Å². The van der Waals surface area contributed by atoms with E-state index in [-0.39, 0.29) is 0 Å². The minimum Gasteiger partial charge on any atom is -0.362 e. The van der Waals surface area contributed by atoms with Crippen LogP contribution in [0.25, 0.3) is 0 Å². The molecule has 0 N–H and O–H groups in total. The lowest BCUT2D eigenvalue weighted by atomic mass is 10.5. The Morgan fingerprint density at radius 3 is 2.71 bits per heavy atom. The van der Waals surface area contributed by atoms with Crippen molar-refractivity contribution < 1.29 is 27.5 Å². The fourth-order valence-electron chi connectivity index (χ4n) is 0.970. The number of nitrogens with zero attached hydrogens (tertiary/aromatic N) is 1. The molecule has 7 heteroatoms. The number of rotatable bonds is 3. The van der Waals surface area contributed by atoms with Gasteiger partial charge in [0, 0.05) is 0 Å².